The van der Waals surface area contributed by atoms with Crippen molar-refractivity contribution in [3.8, 4) is 0 Å². The lowest BCUT2D eigenvalue weighted by molar-refractivity contribution is 0.419. The van der Waals surface area contributed by atoms with Crippen molar-refractivity contribution in [3.63, 3.8) is 0 Å². The van der Waals surface area contributed by atoms with Crippen LogP contribution in [0.25, 0.3) is 0 Å². The summed E-state index contributed by atoms with van der Waals surface area (Å²) in [6, 6.07) is 2.22. The quantitative estimate of drug-likeness (QED) is 0.752. The zero-order chi connectivity index (χ0) is 11.3. The van der Waals surface area contributed by atoms with E-state index < -0.39 is 0 Å². The van der Waals surface area contributed by atoms with Crippen LogP contribution in [0, 0.1) is 6.92 Å². The van der Waals surface area contributed by atoms with E-state index in [1.807, 2.05) is 11.3 Å². The Morgan fingerprint density at radius 3 is 2.53 bits per heavy atom. The van der Waals surface area contributed by atoms with E-state index in [9.17, 15) is 0 Å². The topological polar surface area (TPSA) is 12.0 Å². The smallest absolute Gasteiger partial charge is 0.00965 e. The Bertz CT molecular complexity index is 283. The van der Waals surface area contributed by atoms with Crippen LogP contribution < -0.4 is 5.32 Å². The lowest BCUT2D eigenvalue weighted by Gasteiger charge is -2.20. The predicted molar refractivity (Wildman–Crippen MR) is 69.7 cm³/mol. The van der Waals surface area contributed by atoms with Crippen LogP contribution in [0.4, 0.5) is 0 Å². The van der Waals surface area contributed by atoms with Gasteiger partial charge in [0, 0.05) is 10.4 Å². The van der Waals surface area contributed by atoms with E-state index in [0.29, 0.717) is 0 Å². The average Bonchev–Trinajstić information content (AvgIpc) is 2.49. The molecule has 1 N–H and O–H groups in total. The van der Waals surface area contributed by atoms with Crippen molar-refractivity contribution in [1.29, 1.82) is 0 Å². The van der Waals surface area contributed by atoms with Gasteiger partial charge in [0.2, 0.25) is 0 Å². The average molecular weight is 225 g/mol. The van der Waals surface area contributed by atoms with Crippen molar-refractivity contribution in [3.05, 3.63) is 21.9 Å². The number of nitrogens with one attached hydrogen (secondary N) is 1. The predicted octanol–water partition coefficient (Wildman–Crippen LogP) is 3.77. The van der Waals surface area contributed by atoms with E-state index >= 15 is 0 Å². The summed E-state index contributed by atoms with van der Waals surface area (Å²) in [6.07, 6.45) is 3.81. The number of unbranched alkanes of at least 4 members (excludes halogenated alkanes) is 1. The molecule has 0 saturated heterocycles. The minimum atomic E-state index is 0.263. The summed E-state index contributed by atoms with van der Waals surface area (Å²) in [5, 5.41) is 5.71. The molecule has 1 aromatic heterocycles. The molecule has 0 unspecified atom stereocenters. The first-order valence-corrected chi connectivity index (χ1v) is 6.65. The molecule has 0 amide bonds. The second kappa shape index (κ2) is 5.66. The van der Waals surface area contributed by atoms with Crippen molar-refractivity contribution >= 4 is 11.3 Å². The minimum absolute atomic E-state index is 0.263. The highest BCUT2D eigenvalue weighted by atomic mass is 32.1. The second-order valence-electron chi connectivity index (χ2n) is 5.16. The van der Waals surface area contributed by atoms with Crippen LogP contribution in [0.1, 0.15) is 44.1 Å². The molecule has 0 aliphatic heterocycles. The van der Waals surface area contributed by atoms with E-state index in [0.717, 1.165) is 6.54 Å². The van der Waals surface area contributed by atoms with Crippen molar-refractivity contribution < 1.29 is 0 Å². The van der Waals surface area contributed by atoms with Gasteiger partial charge < -0.3 is 5.32 Å². The summed E-state index contributed by atoms with van der Waals surface area (Å²) < 4.78 is 0. The Hall–Kier alpha value is -0.340. The van der Waals surface area contributed by atoms with Crippen LogP contribution in [0.3, 0.4) is 0 Å². The fourth-order valence-electron chi connectivity index (χ4n) is 1.53. The molecule has 0 atom stereocenters. The number of thiophene rings is 1. The van der Waals surface area contributed by atoms with Crippen molar-refractivity contribution in [2.75, 3.05) is 6.54 Å². The first-order valence-electron chi connectivity index (χ1n) is 5.77. The van der Waals surface area contributed by atoms with Crippen molar-refractivity contribution in [2.45, 2.75) is 52.5 Å². The van der Waals surface area contributed by atoms with Crippen LogP contribution in [-0.4, -0.2) is 12.1 Å². The second-order valence-corrected chi connectivity index (χ2v) is 6.16. The van der Waals surface area contributed by atoms with Crippen molar-refractivity contribution in [1.82, 2.24) is 5.32 Å². The number of rotatable bonds is 5. The maximum absolute atomic E-state index is 3.52. The van der Waals surface area contributed by atoms with E-state index in [4.69, 9.17) is 0 Å². The highest BCUT2D eigenvalue weighted by Crippen LogP contribution is 2.17. The van der Waals surface area contributed by atoms with Gasteiger partial charge in [0.15, 0.2) is 0 Å². The molecular weight excluding hydrogens is 202 g/mol. The lowest BCUT2D eigenvalue weighted by atomic mass is 10.1. The summed E-state index contributed by atoms with van der Waals surface area (Å²) in [4.78, 5) is 1.56. The molecule has 0 bridgehead atoms. The van der Waals surface area contributed by atoms with Crippen LogP contribution in [0.5, 0.6) is 0 Å². The van der Waals surface area contributed by atoms with Gasteiger partial charge in [0.05, 0.1) is 0 Å². The zero-order valence-corrected chi connectivity index (χ0v) is 11.2. The molecule has 0 aromatic carbocycles. The first-order chi connectivity index (χ1) is 6.99. The monoisotopic (exact) mass is 225 g/mol. The first kappa shape index (κ1) is 12.7. The SMILES string of the molecule is Cc1ccsc1CCCCNC(C)(C)C. The molecule has 86 valence electrons. The third-order valence-electron chi connectivity index (χ3n) is 2.45. The van der Waals surface area contributed by atoms with Gasteiger partial charge in [-0.25, -0.2) is 0 Å². The molecule has 1 nitrogen and oxygen atoms in total. The van der Waals surface area contributed by atoms with Crippen LogP contribution >= 0.6 is 11.3 Å². The van der Waals surface area contributed by atoms with Gasteiger partial charge in [-0.2, -0.15) is 0 Å². The lowest BCUT2D eigenvalue weighted by Crippen LogP contribution is -2.36. The van der Waals surface area contributed by atoms with Gasteiger partial charge >= 0.3 is 0 Å². The highest BCUT2D eigenvalue weighted by Gasteiger charge is 2.07. The molecule has 15 heavy (non-hydrogen) atoms. The Labute approximate surface area is 97.9 Å². The normalized spacial score (nSPS) is 12.0. The fourth-order valence-corrected chi connectivity index (χ4v) is 2.49. The molecule has 1 heterocycles. The van der Waals surface area contributed by atoms with Gasteiger partial charge in [-0.3, -0.25) is 0 Å². The van der Waals surface area contributed by atoms with Gasteiger partial charge in [0.25, 0.3) is 0 Å². The molecule has 0 aliphatic carbocycles. The van der Waals surface area contributed by atoms with E-state index in [2.05, 4.69) is 44.5 Å². The van der Waals surface area contributed by atoms with E-state index in [-0.39, 0.29) is 5.54 Å². The summed E-state index contributed by atoms with van der Waals surface area (Å²) in [5.74, 6) is 0. The summed E-state index contributed by atoms with van der Waals surface area (Å²) in [5.41, 5.74) is 1.72. The Morgan fingerprint density at radius 1 is 1.27 bits per heavy atom. The van der Waals surface area contributed by atoms with Gasteiger partial charge in [-0.1, -0.05) is 0 Å². The third kappa shape index (κ3) is 5.33. The Balaban J connectivity index is 2.10. The Kier molecular flexibility index (Phi) is 4.81. The summed E-state index contributed by atoms with van der Waals surface area (Å²) >= 11 is 1.89. The van der Waals surface area contributed by atoms with Gasteiger partial charge in [-0.05, 0) is 70.5 Å². The van der Waals surface area contributed by atoms with Crippen LogP contribution in [0.15, 0.2) is 11.4 Å². The molecule has 0 saturated carbocycles. The molecule has 0 aliphatic rings. The standard InChI is InChI=1S/C13H23NS/c1-11-8-10-15-12(11)7-5-6-9-14-13(2,3)4/h8,10,14H,5-7,9H2,1-4H3. The summed E-state index contributed by atoms with van der Waals surface area (Å²) in [7, 11) is 0. The zero-order valence-electron chi connectivity index (χ0n) is 10.4. The molecular formula is C13H23NS. The maximum Gasteiger partial charge on any atom is 0.00965 e. The van der Waals surface area contributed by atoms with Crippen molar-refractivity contribution in [2.24, 2.45) is 0 Å². The van der Waals surface area contributed by atoms with Crippen LogP contribution in [-0.2, 0) is 6.42 Å². The molecule has 2 heteroatoms. The number of hydrogen-bond acceptors (Lipinski definition) is 2. The minimum Gasteiger partial charge on any atom is -0.312 e. The Morgan fingerprint density at radius 2 is 2.00 bits per heavy atom. The van der Waals surface area contributed by atoms with Crippen LogP contribution in [0.2, 0.25) is 0 Å². The highest BCUT2D eigenvalue weighted by molar-refractivity contribution is 7.10. The van der Waals surface area contributed by atoms with E-state index in [1.54, 1.807) is 4.88 Å². The number of hydrogen-bond donors (Lipinski definition) is 1. The molecule has 1 aromatic rings. The van der Waals surface area contributed by atoms with Gasteiger partial charge in [0.1, 0.15) is 0 Å². The largest absolute Gasteiger partial charge is 0.312 e. The molecule has 0 radical (unpaired) electrons. The fraction of sp³-hybridized carbons (Fsp3) is 0.692. The number of aryl methyl sites for hydroxylation is 2. The molecule has 0 spiro atoms. The van der Waals surface area contributed by atoms with Gasteiger partial charge in [-0.15, -0.1) is 11.3 Å². The molecule has 1 rings (SSSR count). The maximum atomic E-state index is 3.52. The third-order valence-corrected chi connectivity index (χ3v) is 3.54. The summed E-state index contributed by atoms with van der Waals surface area (Å²) in [6.45, 7) is 10.00. The van der Waals surface area contributed by atoms with E-state index in [1.165, 1.54) is 24.8 Å². The molecule has 0 fully saturated rings.